The Kier molecular flexibility index (Phi) is 5.44. The summed E-state index contributed by atoms with van der Waals surface area (Å²) in [6.07, 6.45) is 0.816. The van der Waals surface area contributed by atoms with Crippen LogP contribution in [-0.4, -0.2) is 68.6 Å². The van der Waals surface area contributed by atoms with Crippen molar-refractivity contribution in [2.75, 3.05) is 47.0 Å². The third-order valence-electron chi connectivity index (χ3n) is 5.69. The number of likely N-dealkylation sites (tertiary alicyclic amines) is 2. The molecule has 0 radical (unpaired) electrons. The molecule has 2 atom stereocenters. The van der Waals surface area contributed by atoms with E-state index in [1.54, 1.807) is 32.2 Å². The highest BCUT2D eigenvalue weighted by molar-refractivity contribution is 6.30. The third kappa shape index (κ3) is 3.40. The summed E-state index contributed by atoms with van der Waals surface area (Å²) in [6, 6.07) is 5.06. The summed E-state index contributed by atoms with van der Waals surface area (Å²) in [5.41, 5.74) is 0.443. The molecule has 3 rings (SSSR count). The third-order valence-corrected chi connectivity index (χ3v) is 5.93. The summed E-state index contributed by atoms with van der Waals surface area (Å²) >= 11 is 6.00. The fourth-order valence-electron chi connectivity index (χ4n) is 4.24. The first-order valence-corrected chi connectivity index (χ1v) is 9.15. The van der Waals surface area contributed by atoms with Crippen molar-refractivity contribution in [2.24, 2.45) is 11.3 Å². The topological polar surface area (TPSA) is 59.1 Å². The SMILES string of the molecule is COCC12CCN(C(=O)c3ccc(Cl)cc3OC)CC1CN(C(C)=O)C2. The molecule has 0 spiro atoms. The quantitative estimate of drug-likeness (QED) is 0.804. The Balaban J connectivity index is 1.81. The Hall–Kier alpha value is -1.79. The van der Waals surface area contributed by atoms with E-state index in [9.17, 15) is 9.59 Å². The number of ether oxygens (including phenoxy) is 2. The van der Waals surface area contributed by atoms with E-state index in [1.165, 1.54) is 7.11 Å². The molecule has 7 heteroatoms. The van der Waals surface area contributed by atoms with Crippen LogP contribution in [0.4, 0.5) is 0 Å². The molecule has 2 aliphatic heterocycles. The van der Waals surface area contributed by atoms with Gasteiger partial charge in [0, 0.05) is 56.6 Å². The second-order valence-electron chi connectivity index (χ2n) is 7.24. The zero-order valence-corrected chi connectivity index (χ0v) is 16.2. The molecule has 0 bridgehead atoms. The monoisotopic (exact) mass is 380 g/mol. The van der Waals surface area contributed by atoms with E-state index in [1.807, 2.05) is 9.80 Å². The Morgan fingerprint density at radius 3 is 2.65 bits per heavy atom. The molecule has 2 aliphatic rings. The van der Waals surface area contributed by atoms with E-state index in [0.717, 1.165) is 6.42 Å². The van der Waals surface area contributed by atoms with Crippen LogP contribution in [0.2, 0.25) is 5.02 Å². The second kappa shape index (κ2) is 7.45. The van der Waals surface area contributed by atoms with Crippen LogP contribution in [0.15, 0.2) is 18.2 Å². The molecule has 1 aromatic rings. The molecule has 2 heterocycles. The molecule has 0 aromatic heterocycles. The number of fused-ring (bicyclic) bond motifs is 1. The van der Waals surface area contributed by atoms with Crippen LogP contribution in [0.5, 0.6) is 5.75 Å². The minimum Gasteiger partial charge on any atom is -0.496 e. The minimum atomic E-state index is -0.0682. The van der Waals surface area contributed by atoms with Crippen molar-refractivity contribution in [3.63, 3.8) is 0 Å². The molecule has 0 N–H and O–H groups in total. The number of rotatable bonds is 4. The minimum absolute atomic E-state index is 0.0641. The van der Waals surface area contributed by atoms with Crippen LogP contribution >= 0.6 is 11.6 Å². The molecule has 2 saturated heterocycles. The lowest BCUT2D eigenvalue weighted by Gasteiger charge is -2.43. The number of nitrogens with zero attached hydrogens (tertiary/aromatic N) is 2. The van der Waals surface area contributed by atoms with Crippen LogP contribution in [0.1, 0.15) is 23.7 Å². The van der Waals surface area contributed by atoms with E-state index in [0.29, 0.717) is 49.1 Å². The van der Waals surface area contributed by atoms with Crippen molar-refractivity contribution in [1.82, 2.24) is 9.80 Å². The highest BCUT2D eigenvalue weighted by atomic mass is 35.5. The van der Waals surface area contributed by atoms with Crippen molar-refractivity contribution in [3.05, 3.63) is 28.8 Å². The molecular weight excluding hydrogens is 356 g/mol. The fourth-order valence-corrected chi connectivity index (χ4v) is 4.40. The summed E-state index contributed by atoms with van der Waals surface area (Å²) in [4.78, 5) is 28.6. The normalized spacial score (nSPS) is 25.2. The lowest BCUT2D eigenvalue weighted by molar-refractivity contribution is -0.128. The Labute approximate surface area is 159 Å². The Morgan fingerprint density at radius 1 is 1.27 bits per heavy atom. The highest BCUT2D eigenvalue weighted by Crippen LogP contribution is 2.43. The van der Waals surface area contributed by atoms with E-state index in [4.69, 9.17) is 21.1 Å². The van der Waals surface area contributed by atoms with Gasteiger partial charge >= 0.3 is 0 Å². The van der Waals surface area contributed by atoms with E-state index in [-0.39, 0.29) is 23.1 Å². The van der Waals surface area contributed by atoms with Gasteiger partial charge in [0.15, 0.2) is 0 Å². The molecule has 2 unspecified atom stereocenters. The molecule has 0 saturated carbocycles. The zero-order chi connectivity index (χ0) is 18.9. The molecule has 2 amide bonds. The number of piperidine rings is 1. The molecular formula is C19H25ClN2O4. The Morgan fingerprint density at radius 2 is 2.00 bits per heavy atom. The van der Waals surface area contributed by atoms with Crippen molar-refractivity contribution in [1.29, 1.82) is 0 Å². The second-order valence-corrected chi connectivity index (χ2v) is 7.67. The first kappa shape index (κ1) is 19.0. The van der Waals surface area contributed by atoms with Crippen LogP contribution in [0.3, 0.4) is 0 Å². The standard InChI is InChI=1S/C19H25ClN2O4/c1-13(23)22-10-14-9-21(7-6-19(14,11-22)12-25-2)18(24)16-5-4-15(20)8-17(16)26-3/h4-5,8,14H,6-7,9-12H2,1-3H3. The number of hydrogen-bond donors (Lipinski definition) is 0. The van der Waals surface area contributed by atoms with Crippen molar-refractivity contribution in [3.8, 4) is 5.75 Å². The lowest BCUT2D eigenvalue weighted by Crippen LogP contribution is -2.50. The van der Waals surface area contributed by atoms with Gasteiger partial charge < -0.3 is 19.3 Å². The number of benzene rings is 1. The average Bonchev–Trinajstić information content (AvgIpc) is 3.00. The summed E-state index contributed by atoms with van der Waals surface area (Å²) < 4.78 is 10.8. The molecule has 142 valence electrons. The van der Waals surface area contributed by atoms with Crippen LogP contribution in [0.25, 0.3) is 0 Å². The molecule has 26 heavy (non-hydrogen) atoms. The first-order chi connectivity index (χ1) is 12.4. The number of methoxy groups -OCH3 is 2. The Bertz CT molecular complexity index is 711. The summed E-state index contributed by atoms with van der Waals surface area (Å²) in [5.74, 6) is 0.702. The van der Waals surface area contributed by atoms with Crippen molar-refractivity contribution >= 4 is 23.4 Å². The van der Waals surface area contributed by atoms with Gasteiger partial charge in [-0.1, -0.05) is 11.6 Å². The van der Waals surface area contributed by atoms with Gasteiger partial charge in [0.25, 0.3) is 5.91 Å². The average molecular weight is 381 g/mol. The largest absolute Gasteiger partial charge is 0.496 e. The van der Waals surface area contributed by atoms with Crippen molar-refractivity contribution < 1.29 is 19.1 Å². The maximum absolute atomic E-state index is 13.0. The van der Waals surface area contributed by atoms with E-state index in [2.05, 4.69) is 0 Å². The van der Waals surface area contributed by atoms with E-state index >= 15 is 0 Å². The lowest BCUT2D eigenvalue weighted by atomic mass is 9.73. The van der Waals surface area contributed by atoms with Gasteiger partial charge in [0.05, 0.1) is 19.3 Å². The maximum Gasteiger partial charge on any atom is 0.257 e. The van der Waals surface area contributed by atoms with Gasteiger partial charge in [-0.25, -0.2) is 0 Å². The molecule has 1 aromatic carbocycles. The summed E-state index contributed by atoms with van der Waals surface area (Å²) in [7, 11) is 3.22. The van der Waals surface area contributed by atoms with Gasteiger partial charge in [-0.15, -0.1) is 0 Å². The van der Waals surface area contributed by atoms with Crippen LogP contribution in [0, 0.1) is 11.3 Å². The van der Waals surface area contributed by atoms with E-state index < -0.39 is 0 Å². The summed E-state index contributed by atoms with van der Waals surface area (Å²) in [5, 5.41) is 0.532. The number of carbonyl (C=O) groups excluding carboxylic acids is 2. The number of halogens is 1. The van der Waals surface area contributed by atoms with Gasteiger partial charge in [0.1, 0.15) is 5.75 Å². The summed E-state index contributed by atoms with van der Waals surface area (Å²) in [6.45, 7) is 4.81. The fraction of sp³-hybridized carbons (Fsp3) is 0.579. The highest BCUT2D eigenvalue weighted by Gasteiger charge is 2.51. The van der Waals surface area contributed by atoms with Gasteiger partial charge in [-0.2, -0.15) is 0 Å². The number of amides is 2. The van der Waals surface area contributed by atoms with Crippen LogP contribution in [-0.2, 0) is 9.53 Å². The maximum atomic E-state index is 13.0. The van der Waals surface area contributed by atoms with Gasteiger partial charge in [-0.3, -0.25) is 9.59 Å². The number of hydrogen-bond acceptors (Lipinski definition) is 4. The smallest absolute Gasteiger partial charge is 0.257 e. The van der Waals surface area contributed by atoms with Gasteiger partial charge in [-0.05, 0) is 24.6 Å². The van der Waals surface area contributed by atoms with Gasteiger partial charge in [0.2, 0.25) is 5.91 Å². The molecule has 0 aliphatic carbocycles. The first-order valence-electron chi connectivity index (χ1n) is 8.77. The zero-order valence-electron chi connectivity index (χ0n) is 15.5. The molecule has 6 nitrogen and oxygen atoms in total. The van der Waals surface area contributed by atoms with Crippen molar-refractivity contribution in [2.45, 2.75) is 13.3 Å². The predicted octanol–water partition coefficient (Wildman–Crippen LogP) is 2.31. The predicted molar refractivity (Wildman–Crippen MR) is 98.6 cm³/mol. The van der Waals surface area contributed by atoms with Crippen LogP contribution < -0.4 is 4.74 Å². The number of carbonyl (C=O) groups is 2. The molecule has 2 fully saturated rings.